The van der Waals surface area contributed by atoms with E-state index in [1.807, 2.05) is 6.20 Å². The number of benzene rings is 6. The molecular weight excluding hydrogens is 816 g/mol. The Kier molecular flexibility index (Phi) is 8.52. The summed E-state index contributed by atoms with van der Waals surface area (Å²) in [6, 6.07) is 57.1. The van der Waals surface area contributed by atoms with Crippen molar-refractivity contribution >= 4 is 32.8 Å². The molecule has 3 aromatic heterocycles. The van der Waals surface area contributed by atoms with Crippen LogP contribution in [-0.4, -0.2) is 18.7 Å². The zero-order valence-corrected chi connectivity index (χ0v) is 31.8. The summed E-state index contributed by atoms with van der Waals surface area (Å²) in [5, 5.41) is 2.35. The van der Waals surface area contributed by atoms with Crippen molar-refractivity contribution < 1.29 is 21.1 Å². The zero-order chi connectivity index (χ0) is 34.7. The molecule has 0 aliphatic rings. The van der Waals surface area contributed by atoms with Crippen molar-refractivity contribution in [3.8, 4) is 28.3 Å². The Morgan fingerprint density at radius 1 is 0.596 bits per heavy atom. The average Bonchev–Trinajstić information content (AvgIpc) is 3.72. The van der Waals surface area contributed by atoms with Crippen LogP contribution in [0.4, 0.5) is 0 Å². The minimum absolute atomic E-state index is 0. The molecule has 52 heavy (non-hydrogen) atoms. The molecule has 3 heterocycles. The second-order valence-electron chi connectivity index (χ2n) is 13.9. The van der Waals surface area contributed by atoms with Crippen molar-refractivity contribution in [1.29, 1.82) is 0 Å². The van der Waals surface area contributed by atoms with E-state index in [4.69, 9.17) is 4.98 Å². The fourth-order valence-corrected chi connectivity index (χ4v) is 7.67. The molecule has 0 saturated carbocycles. The van der Waals surface area contributed by atoms with Crippen LogP contribution in [0.5, 0.6) is 0 Å². The summed E-state index contributed by atoms with van der Waals surface area (Å²) in [5.74, 6) is 0.882. The summed E-state index contributed by atoms with van der Waals surface area (Å²) in [5.41, 5.74) is 13.2. The van der Waals surface area contributed by atoms with Crippen molar-refractivity contribution in [2.45, 2.75) is 33.1 Å². The van der Waals surface area contributed by atoms with E-state index in [-0.39, 0.29) is 21.1 Å². The first-order valence-electron chi connectivity index (χ1n) is 17.5. The van der Waals surface area contributed by atoms with Gasteiger partial charge in [-0.05, 0) is 77.2 Å². The monoisotopic (exact) mass is 852 g/mol. The molecule has 0 saturated heterocycles. The van der Waals surface area contributed by atoms with Crippen LogP contribution in [0.2, 0.25) is 0 Å². The fraction of sp³-hybridized carbons (Fsp3) is 0.106. The Balaban J connectivity index is 0.00000387. The van der Waals surface area contributed by atoms with E-state index < -0.39 is 5.41 Å². The third kappa shape index (κ3) is 5.50. The number of fused-ring (bicyclic) bond motifs is 4. The Morgan fingerprint density at radius 3 is 2.02 bits per heavy atom. The van der Waals surface area contributed by atoms with Gasteiger partial charge in [0.15, 0.2) is 17.4 Å². The van der Waals surface area contributed by atoms with E-state index in [9.17, 15) is 0 Å². The summed E-state index contributed by atoms with van der Waals surface area (Å²) in [6.45, 7) is 8.89. The molecule has 0 amide bonds. The molecule has 0 radical (unpaired) electrons. The van der Waals surface area contributed by atoms with Gasteiger partial charge in [-0.2, -0.15) is 40.5 Å². The Labute approximate surface area is 318 Å². The van der Waals surface area contributed by atoms with E-state index in [0.717, 1.165) is 61.3 Å². The number of imidazole rings is 1. The first-order chi connectivity index (χ1) is 24.9. The average molecular weight is 853 g/mol. The van der Waals surface area contributed by atoms with Crippen LogP contribution in [0.15, 0.2) is 152 Å². The van der Waals surface area contributed by atoms with Crippen molar-refractivity contribution in [2.75, 3.05) is 0 Å². The maximum atomic E-state index is 4.94. The summed E-state index contributed by atoms with van der Waals surface area (Å²) < 4.78 is 6.75. The van der Waals surface area contributed by atoms with Crippen LogP contribution in [0.3, 0.4) is 0 Å². The van der Waals surface area contributed by atoms with Crippen molar-refractivity contribution in [3.63, 3.8) is 0 Å². The van der Waals surface area contributed by atoms with Gasteiger partial charge in [0, 0.05) is 50.6 Å². The molecule has 0 aliphatic heterocycles. The van der Waals surface area contributed by atoms with E-state index in [2.05, 4.69) is 199 Å². The Bertz CT molecular complexity index is 2730. The molecule has 256 valence electrons. The van der Waals surface area contributed by atoms with Crippen LogP contribution >= 0.6 is 0 Å². The SMILES string of the molecule is Cc1cccc(C)c1-c1ccnc(-n2c3[c-]c(C(C)(C)c4[c-]c(-n5[cH+]n(-c6ccccc6)c6ccccc65)ccc4)ccc3c3ccccc32)c1.[Pt]. The predicted molar refractivity (Wildman–Crippen MR) is 210 cm³/mol. The second-order valence-corrected chi connectivity index (χ2v) is 13.9. The number of aryl methyl sites for hydroxylation is 2. The smallest absolute Gasteiger partial charge is 0.168 e. The summed E-state index contributed by atoms with van der Waals surface area (Å²) >= 11 is 0. The molecule has 9 rings (SSSR count). The quantitative estimate of drug-likeness (QED) is 0.153. The van der Waals surface area contributed by atoms with Gasteiger partial charge in [0.1, 0.15) is 11.5 Å². The molecule has 5 heteroatoms. The molecule has 4 nitrogen and oxygen atoms in total. The fourth-order valence-electron chi connectivity index (χ4n) is 7.67. The molecular formula is C47H37N4Pt-. The van der Waals surface area contributed by atoms with Gasteiger partial charge in [0.25, 0.3) is 0 Å². The molecule has 0 aliphatic carbocycles. The molecule has 9 aromatic rings. The van der Waals surface area contributed by atoms with Crippen molar-refractivity contribution in [3.05, 3.63) is 186 Å². The largest absolute Gasteiger partial charge is 0.319 e. The number of aromatic nitrogens is 4. The molecule has 0 N–H and O–H groups in total. The minimum atomic E-state index is -0.391. The molecule has 0 atom stereocenters. The van der Waals surface area contributed by atoms with Gasteiger partial charge in [0.2, 0.25) is 0 Å². The van der Waals surface area contributed by atoms with E-state index in [1.54, 1.807) is 0 Å². The summed E-state index contributed by atoms with van der Waals surface area (Å²) in [7, 11) is 0. The van der Waals surface area contributed by atoms with Gasteiger partial charge in [-0.15, -0.1) is 23.1 Å². The number of para-hydroxylation sites is 4. The molecule has 0 spiro atoms. The third-order valence-corrected chi connectivity index (χ3v) is 10.4. The maximum Gasteiger partial charge on any atom is 0.168 e. The van der Waals surface area contributed by atoms with Crippen LogP contribution in [-0.2, 0) is 26.5 Å². The molecule has 0 unspecified atom stereocenters. The second kappa shape index (κ2) is 13.2. The maximum absolute atomic E-state index is 4.94. The third-order valence-electron chi connectivity index (χ3n) is 10.4. The first kappa shape index (κ1) is 33.6. The number of hydrogen-bond acceptors (Lipinski definition) is 1. The summed E-state index contributed by atoms with van der Waals surface area (Å²) in [4.78, 5) is 4.94. The van der Waals surface area contributed by atoms with Gasteiger partial charge in [0.05, 0.1) is 0 Å². The van der Waals surface area contributed by atoms with Crippen LogP contribution in [0.25, 0.3) is 61.2 Å². The van der Waals surface area contributed by atoms with E-state index in [0.29, 0.717) is 0 Å². The van der Waals surface area contributed by atoms with Crippen LogP contribution < -0.4 is 0 Å². The number of pyridine rings is 1. The van der Waals surface area contributed by atoms with Gasteiger partial charge >= 0.3 is 0 Å². The van der Waals surface area contributed by atoms with Crippen LogP contribution in [0.1, 0.15) is 36.1 Å². The zero-order valence-electron chi connectivity index (χ0n) is 29.5. The van der Waals surface area contributed by atoms with Crippen molar-refractivity contribution in [2.24, 2.45) is 0 Å². The van der Waals surface area contributed by atoms with E-state index in [1.165, 1.54) is 22.1 Å². The standard InChI is InChI=1S/C47H37N4.Pt/c1-32-14-12-15-33(2)46(32)34-26-27-48-45(28-34)51-41-21-9-8-20-39(41)40-25-24-36(30-44(40)51)47(3,4)35-16-13-19-38(29-35)50-31-49(37-17-6-5-7-18-37)42-22-10-11-23-43(42)50;/h5-28,31H,1-4H3;/q-1;. The molecule has 0 fully saturated rings. The van der Waals surface area contributed by atoms with Gasteiger partial charge in [-0.3, -0.25) is 0 Å². The number of hydrogen-bond donors (Lipinski definition) is 0. The summed E-state index contributed by atoms with van der Waals surface area (Å²) in [6.07, 6.45) is 4.09. The van der Waals surface area contributed by atoms with Gasteiger partial charge < -0.3 is 4.57 Å². The molecule has 0 bridgehead atoms. The topological polar surface area (TPSA) is 27.7 Å². The van der Waals surface area contributed by atoms with Crippen molar-refractivity contribution in [1.82, 2.24) is 18.7 Å². The van der Waals surface area contributed by atoms with Crippen LogP contribution in [0, 0.1) is 26.0 Å². The first-order valence-corrected chi connectivity index (χ1v) is 17.5. The molecule has 6 aromatic carbocycles. The predicted octanol–water partition coefficient (Wildman–Crippen LogP) is 11.4. The normalized spacial score (nSPS) is 11.7. The number of rotatable bonds is 6. The number of nitrogens with zero attached hydrogens (tertiary/aromatic N) is 4. The van der Waals surface area contributed by atoms with Gasteiger partial charge in [-0.25, -0.2) is 9.55 Å². The Hall–Kier alpha value is -5.57. The minimum Gasteiger partial charge on any atom is -0.319 e. The van der Waals surface area contributed by atoms with E-state index >= 15 is 0 Å². The Morgan fingerprint density at radius 2 is 1.25 bits per heavy atom. The van der Waals surface area contributed by atoms with Gasteiger partial charge in [-0.1, -0.05) is 86.1 Å².